The van der Waals surface area contributed by atoms with Gasteiger partial charge in [0.1, 0.15) is 0 Å². The van der Waals surface area contributed by atoms with Crippen LogP contribution in [-0.4, -0.2) is 28.7 Å². The molecule has 0 aromatic carbocycles. The fourth-order valence-corrected chi connectivity index (χ4v) is 2.52. The van der Waals surface area contributed by atoms with E-state index in [2.05, 4.69) is 15.6 Å². The lowest BCUT2D eigenvalue weighted by molar-refractivity contribution is 0.370. The molecule has 1 aromatic heterocycles. The molecule has 100 valence electrons. The Balaban J connectivity index is 2.00. The van der Waals surface area contributed by atoms with Crippen LogP contribution in [0, 0.1) is 0 Å². The summed E-state index contributed by atoms with van der Waals surface area (Å²) in [4.78, 5) is 16.2. The second kappa shape index (κ2) is 6.00. The fraction of sp³-hybridized carbons (Fsp3) is 0.692. The first kappa shape index (κ1) is 13.1. The lowest BCUT2D eigenvalue weighted by Crippen LogP contribution is -2.36. The normalized spacial score (nSPS) is 23.9. The van der Waals surface area contributed by atoms with Gasteiger partial charge < -0.3 is 15.2 Å². The summed E-state index contributed by atoms with van der Waals surface area (Å²) in [5.41, 5.74) is -0.0178. The lowest BCUT2D eigenvalue weighted by atomic mass is 9.91. The predicted octanol–water partition coefficient (Wildman–Crippen LogP) is 1.21. The zero-order chi connectivity index (χ0) is 13.0. The van der Waals surface area contributed by atoms with Crippen LogP contribution in [-0.2, 0) is 6.54 Å². The van der Waals surface area contributed by atoms with Gasteiger partial charge in [0.15, 0.2) is 5.82 Å². The maximum Gasteiger partial charge on any atom is 0.293 e. The molecule has 0 spiro atoms. The molecule has 1 saturated carbocycles. The molecule has 0 unspecified atom stereocenters. The Labute approximate surface area is 108 Å². The number of anilines is 1. The van der Waals surface area contributed by atoms with E-state index in [-0.39, 0.29) is 5.56 Å². The van der Waals surface area contributed by atoms with E-state index in [0.29, 0.717) is 24.4 Å². The Morgan fingerprint density at radius 1 is 1.33 bits per heavy atom. The van der Waals surface area contributed by atoms with E-state index in [1.165, 1.54) is 0 Å². The van der Waals surface area contributed by atoms with Crippen molar-refractivity contribution in [3.05, 3.63) is 22.7 Å². The summed E-state index contributed by atoms with van der Waals surface area (Å²) in [7, 11) is 2.01. The highest BCUT2D eigenvalue weighted by molar-refractivity contribution is 5.32. The average molecular weight is 250 g/mol. The van der Waals surface area contributed by atoms with Gasteiger partial charge in [-0.05, 0) is 39.7 Å². The lowest BCUT2D eigenvalue weighted by Gasteiger charge is -2.28. The van der Waals surface area contributed by atoms with Gasteiger partial charge in [0.2, 0.25) is 0 Å². The smallest absolute Gasteiger partial charge is 0.293 e. The number of nitrogens with zero attached hydrogens (tertiary/aromatic N) is 2. The van der Waals surface area contributed by atoms with Crippen LogP contribution in [0.5, 0.6) is 0 Å². The van der Waals surface area contributed by atoms with E-state index in [9.17, 15) is 4.79 Å². The summed E-state index contributed by atoms with van der Waals surface area (Å²) in [6.07, 6.45) is 7.91. The number of rotatable bonds is 4. The van der Waals surface area contributed by atoms with Crippen LogP contribution in [0.25, 0.3) is 0 Å². The van der Waals surface area contributed by atoms with Gasteiger partial charge in [-0.2, -0.15) is 0 Å². The van der Waals surface area contributed by atoms with Crippen molar-refractivity contribution in [3.63, 3.8) is 0 Å². The molecule has 0 amide bonds. The Morgan fingerprint density at radius 2 is 2.00 bits per heavy atom. The molecule has 0 bridgehead atoms. The first-order valence-electron chi connectivity index (χ1n) is 6.73. The molecule has 0 saturated heterocycles. The number of aromatic nitrogens is 2. The van der Waals surface area contributed by atoms with E-state index in [1.54, 1.807) is 17.0 Å². The van der Waals surface area contributed by atoms with Crippen molar-refractivity contribution in [1.82, 2.24) is 14.9 Å². The van der Waals surface area contributed by atoms with Crippen LogP contribution in [0.2, 0.25) is 0 Å². The second-order valence-corrected chi connectivity index (χ2v) is 4.85. The predicted molar refractivity (Wildman–Crippen MR) is 72.9 cm³/mol. The molecule has 5 heteroatoms. The maximum absolute atomic E-state index is 12.0. The monoisotopic (exact) mass is 250 g/mol. The number of hydrogen-bond donors (Lipinski definition) is 2. The highest BCUT2D eigenvalue weighted by atomic mass is 16.1. The third-order valence-electron chi connectivity index (χ3n) is 3.73. The highest BCUT2D eigenvalue weighted by Crippen LogP contribution is 2.20. The van der Waals surface area contributed by atoms with Gasteiger partial charge >= 0.3 is 0 Å². The summed E-state index contributed by atoms with van der Waals surface area (Å²) in [6.45, 7) is 2.64. The van der Waals surface area contributed by atoms with Crippen LogP contribution in [0.4, 0.5) is 5.82 Å². The minimum Gasteiger partial charge on any atom is -0.363 e. The van der Waals surface area contributed by atoms with Gasteiger partial charge in [0, 0.05) is 31.0 Å². The molecule has 1 aromatic rings. The third-order valence-corrected chi connectivity index (χ3v) is 3.73. The summed E-state index contributed by atoms with van der Waals surface area (Å²) < 4.78 is 1.68. The Hall–Kier alpha value is -1.36. The van der Waals surface area contributed by atoms with Crippen molar-refractivity contribution in [3.8, 4) is 0 Å². The van der Waals surface area contributed by atoms with Crippen molar-refractivity contribution >= 4 is 5.82 Å². The molecule has 1 heterocycles. The summed E-state index contributed by atoms with van der Waals surface area (Å²) in [6, 6.07) is 1.00. The first-order chi connectivity index (χ1) is 8.74. The van der Waals surface area contributed by atoms with Crippen molar-refractivity contribution in [2.75, 3.05) is 12.4 Å². The Morgan fingerprint density at radius 3 is 2.61 bits per heavy atom. The summed E-state index contributed by atoms with van der Waals surface area (Å²) in [5.74, 6) is 0.493. The van der Waals surface area contributed by atoms with Gasteiger partial charge in [0.05, 0.1) is 0 Å². The molecule has 0 aliphatic heterocycles. The van der Waals surface area contributed by atoms with E-state index in [0.717, 1.165) is 25.7 Å². The molecule has 5 nitrogen and oxygen atoms in total. The minimum absolute atomic E-state index is 0.0178. The van der Waals surface area contributed by atoms with Gasteiger partial charge in [-0.1, -0.05) is 0 Å². The topological polar surface area (TPSA) is 59.0 Å². The molecule has 1 aliphatic rings. The molecule has 1 fully saturated rings. The number of aryl methyl sites for hydroxylation is 1. The molecule has 2 N–H and O–H groups in total. The standard InChI is InChI=1S/C13H22N4O/c1-3-17-9-8-15-12(13(17)18)16-11-6-4-10(14-2)5-7-11/h8-11,14H,3-7H2,1-2H3,(H,15,16). The van der Waals surface area contributed by atoms with Gasteiger partial charge in [-0.25, -0.2) is 4.98 Å². The molecule has 2 rings (SSSR count). The van der Waals surface area contributed by atoms with Gasteiger partial charge in [0.25, 0.3) is 5.56 Å². The van der Waals surface area contributed by atoms with Gasteiger partial charge in [-0.3, -0.25) is 4.79 Å². The second-order valence-electron chi connectivity index (χ2n) is 4.85. The van der Waals surface area contributed by atoms with Crippen molar-refractivity contribution in [2.24, 2.45) is 0 Å². The van der Waals surface area contributed by atoms with Crippen LogP contribution in [0.15, 0.2) is 17.2 Å². The highest BCUT2D eigenvalue weighted by Gasteiger charge is 2.20. The zero-order valence-corrected chi connectivity index (χ0v) is 11.1. The minimum atomic E-state index is -0.0178. The van der Waals surface area contributed by atoms with E-state index >= 15 is 0 Å². The molecular formula is C13H22N4O. The quantitative estimate of drug-likeness (QED) is 0.843. The maximum atomic E-state index is 12.0. The molecule has 0 radical (unpaired) electrons. The van der Waals surface area contributed by atoms with Crippen molar-refractivity contribution in [1.29, 1.82) is 0 Å². The summed E-state index contributed by atoms with van der Waals surface area (Å²) in [5, 5.41) is 6.60. The van der Waals surface area contributed by atoms with Crippen molar-refractivity contribution in [2.45, 2.75) is 51.2 Å². The fourth-order valence-electron chi connectivity index (χ4n) is 2.52. The van der Waals surface area contributed by atoms with E-state index < -0.39 is 0 Å². The number of nitrogens with one attached hydrogen (secondary N) is 2. The van der Waals surface area contributed by atoms with Crippen molar-refractivity contribution < 1.29 is 0 Å². The average Bonchev–Trinajstić information content (AvgIpc) is 2.42. The largest absolute Gasteiger partial charge is 0.363 e. The van der Waals surface area contributed by atoms with Crippen LogP contribution < -0.4 is 16.2 Å². The SMILES string of the molecule is CCn1ccnc(NC2CCC(NC)CC2)c1=O. The molecule has 18 heavy (non-hydrogen) atoms. The Kier molecular flexibility index (Phi) is 4.36. The molecule has 0 atom stereocenters. The summed E-state index contributed by atoms with van der Waals surface area (Å²) >= 11 is 0. The third kappa shape index (κ3) is 2.90. The molecule has 1 aliphatic carbocycles. The van der Waals surface area contributed by atoms with E-state index in [1.807, 2.05) is 14.0 Å². The Bertz CT molecular complexity index is 435. The van der Waals surface area contributed by atoms with Gasteiger partial charge in [-0.15, -0.1) is 0 Å². The molecular weight excluding hydrogens is 228 g/mol. The number of hydrogen-bond acceptors (Lipinski definition) is 4. The van der Waals surface area contributed by atoms with E-state index in [4.69, 9.17) is 0 Å². The zero-order valence-electron chi connectivity index (χ0n) is 11.1. The van der Waals surface area contributed by atoms with Crippen LogP contribution >= 0.6 is 0 Å². The van der Waals surface area contributed by atoms with Crippen LogP contribution in [0.1, 0.15) is 32.6 Å². The first-order valence-corrected chi connectivity index (χ1v) is 6.73. The van der Waals surface area contributed by atoms with Crippen LogP contribution in [0.3, 0.4) is 0 Å².